The summed E-state index contributed by atoms with van der Waals surface area (Å²) >= 11 is 0. The Balaban J connectivity index is 0. The van der Waals surface area contributed by atoms with Gasteiger partial charge in [0.2, 0.25) is 6.29 Å². The number of esters is 2. The minimum absolute atomic E-state index is 0. The number of hydrogen-bond donors (Lipinski definition) is 1. The molecule has 0 aromatic rings. The molecular weight excluding hydrogens is 286 g/mol. The van der Waals surface area contributed by atoms with E-state index in [-0.39, 0.29) is 43.5 Å². The van der Waals surface area contributed by atoms with E-state index in [9.17, 15) is 14.4 Å². The lowest BCUT2D eigenvalue weighted by Crippen LogP contribution is -2.25. The molecular formula is C13H24ClNO5. The van der Waals surface area contributed by atoms with E-state index in [1.165, 1.54) is 0 Å². The van der Waals surface area contributed by atoms with Gasteiger partial charge in [-0.05, 0) is 12.8 Å². The van der Waals surface area contributed by atoms with Crippen LogP contribution >= 0.6 is 12.4 Å². The molecule has 7 heteroatoms. The van der Waals surface area contributed by atoms with Crippen molar-refractivity contribution in [3.8, 4) is 0 Å². The van der Waals surface area contributed by atoms with Crippen LogP contribution in [0.1, 0.15) is 52.4 Å². The zero-order chi connectivity index (χ0) is 14.7. The van der Waals surface area contributed by atoms with Gasteiger partial charge in [0, 0.05) is 19.3 Å². The number of ketones is 1. The van der Waals surface area contributed by atoms with Gasteiger partial charge < -0.3 is 15.2 Å². The van der Waals surface area contributed by atoms with Crippen LogP contribution in [0.5, 0.6) is 0 Å². The number of hydrogen-bond acceptors (Lipinski definition) is 6. The molecule has 0 spiro atoms. The van der Waals surface area contributed by atoms with Gasteiger partial charge in [-0.2, -0.15) is 0 Å². The minimum atomic E-state index is -0.857. The van der Waals surface area contributed by atoms with Crippen LogP contribution in [0.4, 0.5) is 0 Å². The molecule has 0 radical (unpaired) electrons. The molecule has 118 valence electrons. The molecule has 0 saturated heterocycles. The van der Waals surface area contributed by atoms with Crippen molar-refractivity contribution < 1.29 is 23.9 Å². The van der Waals surface area contributed by atoms with Crippen LogP contribution < -0.4 is 5.73 Å². The quantitative estimate of drug-likeness (QED) is 0.487. The van der Waals surface area contributed by atoms with E-state index in [0.29, 0.717) is 19.3 Å². The standard InChI is InChI=1S/C13H23NO5.ClH/c1-3-5-11(16)18-13(6-4-2)19-12(17)8-7-10(15)9-14;/h13H,3-9,14H2,1-2H3;1H. The van der Waals surface area contributed by atoms with Crippen molar-refractivity contribution in [3.63, 3.8) is 0 Å². The lowest BCUT2D eigenvalue weighted by molar-refractivity contribution is -0.189. The molecule has 0 aliphatic rings. The molecule has 0 fully saturated rings. The normalized spacial score (nSPS) is 11.2. The van der Waals surface area contributed by atoms with E-state index in [1.807, 2.05) is 13.8 Å². The minimum Gasteiger partial charge on any atom is -0.425 e. The molecule has 0 aliphatic carbocycles. The summed E-state index contributed by atoms with van der Waals surface area (Å²) in [4.78, 5) is 33.8. The van der Waals surface area contributed by atoms with Crippen LogP contribution in [-0.4, -0.2) is 30.6 Å². The molecule has 2 N–H and O–H groups in total. The maximum absolute atomic E-state index is 11.5. The molecule has 20 heavy (non-hydrogen) atoms. The smallest absolute Gasteiger partial charge is 0.309 e. The van der Waals surface area contributed by atoms with Gasteiger partial charge >= 0.3 is 11.9 Å². The Hall–Kier alpha value is -1.14. The molecule has 0 bridgehead atoms. The first-order chi connectivity index (χ1) is 9.03. The second-order valence-corrected chi connectivity index (χ2v) is 4.19. The predicted molar refractivity (Wildman–Crippen MR) is 76.3 cm³/mol. The van der Waals surface area contributed by atoms with Gasteiger partial charge in [0.05, 0.1) is 13.0 Å². The van der Waals surface area contributed by atoms with Gasteiger partial charge in [-0.1, -0.05) is 13.8 Å². The van der Waals surface area contributed by atoms with E-state index in [1.54, 1.807) is 0 Å². The van der Waals surface area contributed by atoms with Crippen molar-refractivity contribution >= 4 is 30.1 Å². The molecule has 0 rings (SSSR count). The van der Waals surface area contributed by atoms with E-state index in [0.717, 1.165) is 6.42 Å². The Morgan fingerprint density at radius 3 is 1.95 bits per heavy atom. The lowest BCUT2D eigenvalue weighted by Gasteiger charge is -2.17. The largest absolute Gasteiger partial charge is 0.425 e. The van der Waals surface area contributed by atoms with Crippen LogP contribution in [0.3, 0.4) is 0 Å². The third-order valence-electron chi connectivity index (χ3n) is 2.34. The van der Waals surface area contributed by atoms with Crippen molar-refractivity contribution in [3.05, 3.63) is 0 Å². The molecule has 1 unspecified atom stereocenters. The maximum atomic E-state index is 11.5. The van der Waals surface area contributed by atoms with Crippen LogP contribution in [-0.2, 0) is 23.9 Å². The van der Waals surface area contributed by atoms with Gasteiger partial charge in [0.15, 0.2) is 0 Å². The molecule has 0 amide bonds. The number of carbonyl (C=O) groups is 3. The average Bonchev–Trinajstić information content (AvgIpc) is 2.36. The average molecular weight is 310 g/mol. The third kappa shape index (κ3) is 10.8. The number of rotatable bonds is 10. The Morgan fingerprint density at radius 1 is 0.950 bits per heavy atom. The molecule has 0 saturated carbocycles. The summed E-state index contributed by atoms with van der Waals surface area (Å²) in [6.45, 7) is 3.67. The summed E-state index contributed by atoms with van der Waals surface area (Å²) in [7, 11) is 0. The topological polar surface area (TPSA) is 95.7 Å². The highest BCUT2D eigenvalue weighted by Crippen LogP contribution is 2.09. The summed E-state index contributed by atoms with van der Waals surface area (Å²) in [6, 6.07) is 0. The van der Waals surface area contributed by atoms with Gasteiger partial charge in [-0.25, -0.2) is 0 Å². The van der Waals surface area contributed by atoms with Gasteiger partial charge in [0.25, 0.3) is 0 Å². The lowest BCUT2D eigenvalue weighted by atomic mass is 10.2. The monoisotopic (exact) mass is 309 g/mol. The fraction of sp³-hybridized carbons (Fsp3) is 0.769. The number of nitrogens with two attached hydrogens (primary N) is 1. The highest BCUT2D eigenvalue weighted by atomic mass is 35.5. The van der Waals surface area contributed by atoms with Gasteiger partial charge in [0.1, 0.15) is 5.78 Å². The Kier molecular flexibility index (Phi) is 13.6. The molecule has 0 aromatic heterocycles. The van der Waals surface area contributed by atoms with Crippen molar-refractivity contribution in [1.82, 2.24) is 0 Å². The van der Waals surface area contributed by atoms with Crippen molar-refractivity contribution in [2.45, 2.75) is 58.7 Å². The van der Waals surface area contributed by atoms with Gasteiger partial charge in [-0.3, -0.25) is 14.4 Å². The zero-order valence-electron chi connectivity index (χ0n) is 12.1. The highest BCUT2D eigenvalue weighted by molar-refractivity contribution is 5.85. The number of ether oxygens (including phenoxy) is 2. The fourth-order valence-corrected chi connectivity index (χ4v) is 1.34. The van der Waals surface area contributed by atoms with Gasteiger partial charge in [-0.15, -0.1) is 12.4 Å². The maximum Gasteiger partial charge on any atom is 0.309 e. The Bertz CT molecular complexity index is 309. The summed E-state index contributed by atoms with van der Waals surface area (Å²) in [6.07, 6.45) is 1.30. The highest BCUT2D eigenvalue weighted by Gasteiger charge is 2.18. The van der Waals surface area contributed by atoms with E-state index < -0.39 is 12.3 Å². The first-order valence-electron chi connectivity index (χ1n) is 6.64. The SMILES string of the molecule is CCCC(=O)OC(CCC)OC(=O)CCC(=O)CN.Cl. The van der Waals surface area contributed by atoms with Crippen LogP contribution in [0.25, 0.3) is 0 Å². The van der Waals surface area contributed by atoms with E-state index >= 15 is 0 Å². The summed E-state index contributed by atoms with van der Waals surface area (Å²) < 4.78 is 10.1. The molecule has 6 nitrogen and oxygen atoms in total. The molecule has 0 aromatic carbocycles. The van der Waals surface area contributed by atoms with Crippen molar-refractivity contribution in [2.24, 2.45) is 5.73 Å². The summed E-state index contributed by atoms with van der Waals surface area (Å²) in [5, 5.41) is 0. The van der Waals surface area contributed by atoms with Crippen molar-refractivity contribution in [2.75, 3.05) is 6.54 Å². The first-order valence-corrected chi connectivity index (χ1v) is 6.64. The second-order valence-electron chi connectivity index (χ2n) is 4.19. The zero-order valence-corrected chi connectivity index (χ0v) is 12.9. The second kappa shape index (κ2) is 12.9. The number of carbonyl (C=O) groups excluding carboxylic acids is 3. The third-order valence-corrected chi connectivity index (χ3v) is 2.34. The van der Waals surface area contributed by atoms with Crippen LogP contribution in [0.15, 0.2) is 0 Å². The summed E-state index contributed by atoms with van der Waals surface area (Å²) in [5.41, 5.74) is 5.14. The number of halogens is 1. The Morgan fingerprint density at radius 2 is 1.50 bits per heavy atom. The molecule has 0 heterocycles. The van der Waals surface area contributed by atoms with Crippen LogP contribution in [0.2, 0.25) is 0 Å². The number of Topliss-reactive ketones (excluding diaryl/α,β-unsaturated/α-hetero) is 1. The molecule has 1 atom stereocenters. The molecule has 0 aliphatic heterocycles. The van der Waals surface area contributed by atoms with E-state index in [4.69, 9.17) is 15.2 Å². The van der Waals surface area contributed by atoms with Crippen molar-refractivity contribution in [1.29, 1.82) is 0 Å². The van der Waals surface area contributed by atoms with Crippen LogP contribution in [0, 0.1) is 0 Å². The summed E-state index contributed by atoms with van der Waals surface area (Å²) in [5.74, 6) is -1.14. The fourth-order valence-electron chi connectivity index (χ4n) is 1.34. The predicted octanol–water partition coefficient (Wildman–Crippen LogP) is 1.73. The first kappa shape index (κ1) is 21.2. The Labute approximate surface area is 125 Å². The van der Waals surface area contributed by atoms with E-state index in [2.05, 4.69) is 0 Å².